The Balaban J connectivity index is 2.46. The van der Waals surface area contributed by atoms with E-state index in [9.17, 15) is 8.42 Å². The first-order valence-electron chi connectivity index (χ1n) is 4.81. The van der Waals surface area contributed by atoms with E-state index in [4.69, 9.17) is 0 Å². The summed E-state index contributed by atoms with van der Waals surface area (Å²) in [7, 11) is -3.62. The summed E-state index contributed by atoms with van der Waals surface area (Å²) in [5.41, 5.74) is 0.583. The maximum Gasteiger partial charge on any atom is 0.276 e. The first kappa shape index (κ1) is 11.0. The molecular weight excluding hydrogens is 228 g/mol. The standard InChI is InChI=1S/C9H12N4O2S/c1-6(2)13-16(14,15)9-11-4-7-3-10-5-8(7)12-9/h3-6,10,13H,1-2H3. The molecule has 0 unspecified atom stereocenters. The van der Waals surface area contributed by atoms with E-state index in [-0.39, 0.29) is 11.2 Å². The van der Waals surface area contributed by atoms with Crippen LogP contribution < -0.4 is 4.72 Å². The monoisotopic (exact) mass is 240 g/mol. The molecule has 2 N–H and O–H groups in total. The van der Waals surface area contributed by atoms with Crippen molar-refractivity contribution < 1.29 is 8.42 Å². The highest BCUT2D eigenvalue weighted by Crippen LogP contribution is 2.11. The van der Waals surface area contributed by atoms with Crippen LogP contribution in [0.25, 0.3) is 10.9 Å². The molecule has 0 fully saturated rings. The van der Waals surface area contributed by atoms with Crippen LogP contribution in [0, 0.1) is 0 Å². The maximum atomic E-state index is 11.8. The molecule has 2 heterocycles. The van der Waals surface area contributed by atoms with Crippen molar-refractivity contribution in [1.82, 2.24) is 19.7 Å². The Morgan fingerprint density at radius 3 is 2.81 bits per heavy atom. The fraction of sp³-hybridized carbons (Fsp3) is 0.333. The molecule has 86 valence electrons. The van der Waals surface area contributed by atoms with Crippen molar-refractivity contribution in [3.63, 3.8) is 0 Å². The molecule has 0 spiro atoms. The minimum absolute atomic E-state index is 0.185. The fourth-order valence-electron chi connectivity index (χ4n) is 1.32. The van der Waals surface area contributed by atoms with Crippen molar-refractivity contribution in [3.8, 4) is 0 Å². The number of sulfonamides is 1. The molecule has 0 aliphatic rings. The van der Waals surface area contributed by atoms with Crippen molar-refractivity contribution in [2.75, 3.05) is 0 Å². The van der Waals surface area contributed by atoms with Gasteiger partial charge >= 0.3 is 0 Å². The van der Waals surface area contributed by atoms with Gasteiger partial charge in [-0.05, 0) is 13.8 Å². The molecule has 0 saturated carbocycles. The lowest BCUT2D eigenvalue weighted by atomic mass is 10.4. The highest BCUT2D eigenvalue weighted by Gasteiger charge is 2.19. The van der Waals surface area contributed by atoms with Crippen LogP contribution in [-0.4, -0.2) is 29.4 Å². The number of rotatable bonds is 3. The lowest BCUT2D eigenvalue weighted by Crippen LogP contribution is -2.31. The number of aromatic nitrogens is 3. The zero-order valence-corrected chi connectivity index (χ0v) is 9.75. The Morgan fingerprint density at radius 1 is 1.38 bits per heavy atom. The summed E-state index contributed by atoms with van der Waals surface area (Å²) in [5.74, 6) is 0. The quantitative estimate of drug-likeness (QED) is 0.771. The SMILES string of the molecule is CC(C)NS(=O)(=O)c1ncc2c[nH]cc2n1. The van der Waals surface area contributed by atoms with Gasteiger partial charge in [0, 0.05) is 30.0 Å². The Morgan fingerprint density at radius 2 is 2.12 bits per heavy atom. The van der Waals surface area contributed by atoms with E-state index in [0.717, 1.165) is 5.39 Å². The molecule has 0 aliphatic carbocycles. The molecule has 0 aromatic carbocycles. The molecule has 7 heteroatoms. The first-order valence-corrected chi connectivity index (χ1v) is 6.29. The molecular formula is C9H12N4O2S. The molecule has 0 aliphatic heterocycles. The zero-order chi connectivity index (χ0) is 11.8. The van der Waals surface area contributed by atoms with Crippen molar-refractivity contribution >= 4 is 20.9 Å². The summed E-state index contributed by atoms with van der Waals surface area (Å²) in [6, 6.07) is -0.185. The van der Waals surface area contributed by atoms with Crippen molar-refractivity contribution in [2.45, 2.75) is 25.0 Å². The Hall–Kier alpha value is -1.47. The highest BCUT2D eigenvalue weighted by atomic mass is 32.2. The molecule has 0 atom stereocenters. The van der Waals surface area contributed by atoms with Crippen LogP contribution >= 0.6 is 0 Å². The third kappa shape index (κ3) is 2.05. The largest absolute Gasteiger partial charge is 0.365 e. The van der Waals surface area contributed by atoms with Crippen LogP contribution in [0.2, 0.25) is 0 Å². The number of fused-ring (bicyclic) bond motifs is 1. The fourth-order valence-corrected chi connectivity index (χ4v) is 2.45. The molecule has 0 bridgehead atoms. The van der Waals surface area contributed by atoms with E-state index in [0.29, 0.717) is 5.52 Å². The predicted octanol–water partition coefficient (Wildman–Crippen LogP) is 0.645. The maximum absolute atomic E-state index is 11.8. The van der Waals surface area contributed by atoms with Gasteiger partial charge in [-0.15, -0.1) is 0 Å². The van der Waals surface area contributed by atoms with E-state index in [1.54, 1.807) is 26.2 Å². The van der Waals surface area contributed by atoms with Crippen LogP contribution in [0.15, 0.2) is 23.7 Å². The van der Waals surface area contributed by atoms with E-state index in [1.807, 2.05) is 0 Å². The number of hydrogen-bond acceptors (Lipinski definition) is 4. The Kier molecular flexibility index (Phi) is 2.64. The molecule has 0 saturated heterocycles. The molecule has 2 aromatic rings. The number of aromatic amines is 1. The summed E-state index contributed by atoms with van der Waals surface area (Å²) in [6.45, 7) is 3.48. The molecule has 2 aromatic heterocycles. The van der Waals surface area contributed by atoms with Crippen LogP contribution in [0.3, 0.4) is 0 Å². The first-order chi connectivity index (χ1) is 7.49. The summed E-state index contributed by atoms with van der Waals surface area (Å²) in [6.07, 6.45) is 4.82. The third-order valence-corrected chi connectivity index (χ3v) is 3.38. The topological polar surface area (TPSA) is 87.7 Å². The van der Waals surface area contributed by atoms with Gasteiger partial charge in [0.05, 0.1) is 5.52 Å². The van der Waals surface area contributed by atoms with Crippen LogP contribution in [0.4, 0.5) is 0 Å². The molecule has 16 heavy (non-hydrogen) atoms. The van der Waals surface area contributed by atoms with Crippen molar-refractivity contribution in [2.24, 2.45) is 0 Å². The Bertz CT molecular complexity index is 603. The number of H-pyrrole nitrogens is 1. The molecule has 2 rings (SSSR count). The average Bonchev–Trinajstić information content (AvgIpc) is 2.61. The van der Waals surface area contributed by atoms with Gasteiger partial charge in [0.25, 0.3) is 15.2 Å². The highest BCUT2D eigenvalue weighted by molar-refractivity contribution is 7.89. The normalized spacial score (nSPS) is 12.4. The van der Waals surface area contributed by atoms with E-state index < -0.39 is 10.0 Å². The summed E-state index contributed by atoms with van der Waals surface area (Å²) >= 11 is 0. The van der Waals surface area contributed by atoms with Gasteiger partial charge in [-0.1, -0.05) is 0 Å². The van der Waals surface area contributed by atoms with E-state index in [2.05, 4.69) is 19.7 Å². The van der Waals surface area contributed by atoms with E-state index >= 15 is 0 Å². The van der Waals surface area contributed by atoms with Crippen molar-refractivity contribution in [3.05, 3.63) is 18.6 Å². The van der Waals surface area contributed by atoms with Crippen molar-refractivity contribution in [1.29, 1.82) is 0 Å². The second-order valence-electron chi connectivity index (χ2n) is 3.72. The van der Waals surface area contributed by atoms with Gasteiger partial charge in [0.2, 0.25) is 0 Å². The minimum Gasteiger partial charge on any atom is -0.365 e. The molecule has 0 radical (unpaired) electrons. The average molecular weight is 240 g/mol. The number of nitrogens with zero attached hydrogens (tertiary/aromatic N) is 2. The third-order valence-electron chi connectivity index (χ3n) is 1.92. The summed E-state index contributed by atoms with van der Waals surface area (Å²) in [4.78, 5) is 10.6. The van der Waals surface area contributed by atoms with E-state index in [1.165, 1.54) is 6.20 Å². The smallest absolute Gasteiger partial charge is 0.276 e. The van der Waals surface area contributed by atoms with Crippen LogP contribution in [-0.2, 0) is 10.0 Å². The number of hydrogen-bond donors (Lipinski definition) is 2. The second kappa shape index (κ2) is 3.84. The van der Waals surface area contributed by atoms with Crippen LogP contribution in [0.5, 0.6) is 0 Å². The summed E-state index contributed by atoms with van der Waals surface area (Å²) in [5, 5.41) is 0.580. The minimum atomic E-state index is -3.62. The van der Waals surface area contributed by atoms with Gasteiger partial charge in [0.1, 0.15) is 0 Å². The Labute approximate surface area is 93.2 Å². The number of nitrogens with one attached hydrogen (secondary N) is 2. The molecule has 6 nitrogen and oxygen atoms in total. The molecule has 0 amide bonds. The van der Waals surface area contributed by atoms with Crippen LogP contribution in [0.1, 0.15) is 13.8 Å². The van der Waals surface area contributed by atoms with Gasteiger partial charge in [0.15, 0.2) is 0 Å². The van der Waals surface area contributed by atoms with Gasteiger partial charge in [-0.2, -0.15) is 0 Å². The predicted molar refractivity (Wildman–Crippen MR) is 59.3 cm³/mol. The van der Waals surface area contributed by atoms with Gasteiger partial charge < -0.3 is 4.98 Å². The van der Waals surface area contributed by atoms with Gasteiger partial charge in [-0.3, -0.25) is 0 Å². The summed E-state index contributed by atoms with van der Waals surface area (Å²) < 4.78 is 26.0. The lowest BCUT2D eigenvalue weighted by Gasteiger charge is -2.07. The zero-order valence-electron chi connectivity index (χ0n) is 8.93. The van der Waals surface area contributed by atoms with Gasteiger partial charge in [-0.25, -0.2) is 23.1 Å². The lowest BCUT2D eigenvalue weighted by molar-refractivity contribution is 0.561. The second-order valence-corrected chi connectivity index (χ2v) is 5.33.